The molecule has 3 amide bonds. The maximum atomic E-state index is 14.0. The van der Waals surface area contributed by atoms with Crippen molar-refractivity contribution in [2.45, 2.75) is 96.9 Å². The number of nitrogens with one attached hydrogen (secondary N) is 3. The number of aromatic amines is 2. The highest BCUT2D eigenvalue weighted by Gasteiger charge is 2.55. The van der Waals surface area contributed by atoms with Gasteiger partial charge in [-0.1, -0.05) is 58.6 Å². The zero-order chi connectivity index (χ0) is 39.4. The fourth-order valence-electron chi connectivity index (χ4n) is 8.76. The lowest BCUT2D eigenvalue weighted by atomic mass is 9.96. The lowest BCUT2D eigenvalue weighted by molar-refractivity contribution is -0.138. The number of hydrogen-bond acceptors (Lipinski definition) is 7. The molecule has 1 aliphatic carbocycles. The van der Waals surface area contributed by atoms with E-state index in [4.69, 9.17) is 19.4 Å². The minimum absolute atomic E-state index is 0. The monoisotopic (exact) mass is 929 g/mol. The fraction of sp³-hybridized carbons (Fsp3) is 0.523. The first kappa shape index (κ1) is 51.9. The number of ether oxygens (including phenoxy) is 2. The smallest absolute Gasteiger partial charge is 0.407 e. The van der Waals surface area contributed by atoms with Gasteiger partial charge < -0.3 is 34.6 Å². The highest BCUT2D eigenvalue weighted by Crippen LogP contribution is 2.58. The molecule has 4 aliphatic rings. The van der Waals surface area contributed by atoms with Gasteiger partial charge in [-0.15, -0.1) is 0 Å². The zero-order valence-corrected chi connectivity index (χ0v) is 40.8. The Balaban J connectivity index is 0.00000198. The third-order valence-electron chi connectivity index (χ3n) is 12.7. The summed E-state index contributed by atoms with van der Waals surface area (Å²) in [7, 11) is 1.30. The Bertz CT molecular complexity index is 2210. The van der Waals surface area contributed by atoms with Crippen molar-refractivity contribution < 1.29 is 23.9 Å². The summed E-state index contributed by atoms with van der Waals surface area (Å²) in [6.07, 6.45) is 7.02. The molecular formula is C44H63N7O5S5. The number of rotatable bonds is 8. The van der Waals surface area contributed by atoms with Crippen LogP contribution in [0, 0.1) is 35.0 Å². The van der Waals surface area contributed by atoms with Crippen LogP contribution in [0.4, 0.5) is 4.79 Å². The van der Waals surface area contributed by atoms with Crippen molar-refractivity contribution in [3.63, 3.8) is 0 Å². The van der Waals surface area contributed by atoms with Crippen molar-refractivity contribution >= 4 is 96.4 Å². The van der Waals surface area contributed by atoms with Crippen molar-refractivity contribution in [3.05, 3.63) is 71.4 Å². The summed E-state index contributed by atoms with van der Waals surface area (Å²) in [6.45, 7) is 12.0. The SMILES string of the molecule is COC(=O)N[C@H](C(=O)N1C[C@]2(CCCO2)C[C@H]1c1nc2ccc(C#Cc3ccc(-c4cnc([C@@H]5CC6(CC6)CN5C(=O)[C@@H](C)C(C)C)[nH]4)cc3)cc2[nH]1)C(C)C.S.S.S.S.S. The van der Waals surface area contributed by atoms with Gasteiger partial charge in [-0.05, 0) is 85.3 Å². The average Bonchev–Trinajstić information content (AvgIpc) is 3.79. The second-order valence-electron chi connectivity index (χ2n) is 17.3. The van der Waals surface area contributed by atoms with Crippen LogP contribution in [0.5, 0.6) is 0 Å². The first-order valence-corrected chi connectivity index (χ1v) is 20.1. The first-order chi connectivity index (χ1) is 26.9. The fourth-order valence-corrected chi connectivity index (χ4v) is 8.76. The number of likely N-dealkylation sites (tertiary alicyclic amines) is 2. The molecule has 0 unspecified atom stereocenters. The van der Waals surface area contributed by atoms with Crippen LogP contribution in [-0.4, -0.2) is 86.1 Å². The minimum Gasteiger partial charge on any atom is -0.453 e. The Kier molecular flexibility index (Phi) is 17.8. The summed E-state index contributed by atoms with van der Waals surface area (Å²) in [4.78, 5) is 60.3. The normalized spacial score (nSPS) is 21.6. The highest BCUT2D eigenvalue weighted by molar-refractivity contribution is 7.60. The second kappa shape index (κ2) is 20.9. The van der Waals surface area contributed by atoms with Gasteiger partial charge in [0.2, 0.25) is 11.8 Å². The van der Waals surface area contributed by atoms with Crippen LogP contribution in [-0.2, 0) is 19.1 Å². The van der Waals surface area contributed by atoms with Gasteiger partial charge in [-0.2, -0.15) is 67.5 Å². The van der Waals surface area contributed by atoms with Crippen molar-refractivity contribution in [1.82, 2.24) is 35.1 Å². The molecule has 2 aromatic carbocycles. The van der Waals surface area contributed by atoms with E-state index in [1.807, 2.05) is 74.3 Å². The molecule has 4 fully saturated rings. The van der Waals surface area contributed by atoms with Crippen LogP contribution in [0.1, 0.15) is 108 Å². The van der Waals surface area contributed by atoms with E-state index in [-0.39, 0.29) is 109 Å². The lowest BCUT2D eigenvalue weighted by Crippen LogP contribution is -2.51. The predicted molar refractivity (Wildman–Crippen MR) is 264 cm³/mol. The number of imidazole rings is 2. The van der Waals surface area contributed by atoms with Crippen LogP contribution in [0.2, 0.25) is 0 Å². The van der Waals surface area contributed by atoms with Crippen molar-refractivity contribution in [1.29, 1.82) is 0 Å². The molecule has 2 aromatic heterocycles. The molecule has 3 saturated heterocycles. The Morgan fingerprint density at radius 3 is 2.10 bits per heavy atom. The number of carbonyl (C=O) groups excluding carboxylic acids is 3. The number of H-pyrrole nitrogens is 2. The van der Waals surface area contributed by atoms with Crippen molar-refractivity contribution in [3.8, 4) is 23.1 Å². The lowest BCUT2D eigenvalue weighted by Gasteiger charge is -2.30. The topological polar surface area (TPSA) is 146 Å². The van der Waals surface area contributed by atoms with Gasteiger partial charge in [0.05, 0.1) is 54.3 Å². The number of alkyl carbamates (subject to hydrolysis) is 1. The standard InChI is InChI=1S/C44H53N7O5.5H2S/c1-26(2)28(5)40(52)50-24-43(17-18-43)21-35(50)38-45-23-34(48-38)31-13-10-29(11-14-31)8-9-30-12-15-32-33(20-30)47-39(46-32)36-22-44(16-7-19-56-44)25-51(36)41(53)37(27(3)4)49-42(54)55-6;;;;;/h10-15,20,23,26-28,35-37H,7,16-19,21-22,24-25H2,1-6H3,(H,45,48)(H,46,47)(H,49,54);5*1H2/t28-,35-,36-,37-,44-;;;;;/m0...../s1. The second-order valence-corrected chi connectivity index (χ2v) is 17.3. The molecular weight excluding hydrogens is 867 g/mol. The zero-order valence-electron chi connectivity index (χ0n) is 35.8. The molecule has 8 rings (SSSR count). The van der Waals surface area contributed by atoms with E-state index < -0.39 is 17.7 Å². The van der Waals surface area contributed by atoms with E-state index in [2.05, 4.69) is 45.9 Å². The van der Waals surface area contributed by atoms with E-state index in [1.54, 1.807) is 0 Å². The first-order valence-electron chi connectivity index (χ1n) is 20.1. The highest BCUT2D eigenvalue weighted by atomic mass is 32.1. The van der Waals surface area contributed by atoms with Crippen molar-refractivity contribution in [2.24, 2.45) is 23.2 Å². The summed E-state index contributed by atoms with van der Waals surface area (Å²) >= 11 is 0. The van der Waals surface area contributed by atoms with Crippen LogP contribution >= 0.6 is 67.5 Å². The van der Waals surface area contributed by atoms with Crippen LogP contribution in [0.3, 0.4) is 0 Å². The van der Waals surface area contributed by atoms with Gasteiger partial charge >= 0.3 is 6.09 Å². The minimum atomic E-state index is -0.744. The summed E-state index contributed by atoms with van der Waals surface area (Å²) in [5.41, 5.74) is 5.11. The molecule has 0 bridgehead atoms. The Labute approximate surface area is 394 Å². The Morgan fingerprint density at radius 2 is 1.48 bits per heavy atom. The number of aromatic nitrogens is 4. The van der Waals surface area contributed by atoms with Gasteiger partial charge in [0, 0.05) is 36.6 Å². The third kappa shape index (κ3) is 10.7. The molecule has 12 nitrogen and oxygen atoms in total. The van der Waals surface area contributed by atoms with Gasteiger partial charge in [0.1, 0.15) is 17.7 Å². The van der Waals surface area contributed by atoms with E-state index in [0.717, 1.165) is 65.0 Å². The molecule has 17 heteroatoms. The van der Waals surface area contributed by atoms with Gasteiger partial charge in [0.25, 0.3) is 0 Å². The summed E-state index contributed by atoms with van der Waals surface area (Å²) in [5.74, 6) is 8.34. The van der Waals surface area contributed by atoms with E-state index in [9.17, 15) is 14.4 Å². The molecule has 5 heterocycles. The quantitative estimate of drug-likeness (QED) is 0.156. The Morgan fingerprint density at radius 1 is 0.820 bits per heavy atom. The Hall–Kier alpha value is -3.40. The number of hydrogen-bond donors (Lipinski definition) is 3. The van der Waals surface area contributed by atoms with Crippen LogP contribution in [0.25, 0.3) is 22.3 Å². The van der Waals surface area contributed by atoms with Crippen LogP contribution in [0.15, 0.2) is 48.7 Å². The average molecular weight is 930 g/mol. The number of carbonyl (C=O) groups is 3. The molecule has 5 atom stereocenters. The third-order valence-corrected chi connectivity index (χ3v) is 12.7. The number of methoxy groups -OCH3 is 1. The summed E-state index contributed by atoms with van der Waals surface area (Å²) < 4.78 is 11.1. The van der Waals surface area contributed by atoms with Crippen LogP contribution < -0.4 is 5.32 Å². The van der Waals surface area contributed by atoms with Gasteiger partial charge in [-0.25, -0.2) is 14.8 Å². The molecule has 0 radical (unpaired) electrons. The maximum absolute atomic E-state index is 14.0. The molecule has 334 valence electrons. The number of nitrogens with zero attached hydrogens (tertiary/aromatic N) is 4. The predicted octanol–water partition coefficient (Wildman–Crippen LogP) is 7.47. The molecule has 2 spiro atoms. The molecule has 4 aromatic rings. The maximum Gasteiger partial charge on any atom is 0.407 e. The van der Waals surface area contributed by atoms with Crippen molar-refractivity contribution in [2.75, 3.05) is 26.8 Å². The number of fused-ring (bicyclic) bond motifs is 1. The molecule has 1 saturated carbocycles. The molecule has 3 aliphatic heterocycles. The van der Waals surface area contributed by atoms with E-state index in [1.165, 1.54) is 20.0 Å². The summed E-state index contributed by atoms with van der Waals surface area (Å²) in [5, 5.41) is 2.74. The molecule has 3 N–H and O–H groups in total. The van der Waals surface area contributed by atoms with E-state index in [0.29, 0.717) is 31.3 Å². The summed E-state index contributed by atoms with van der Waals surface area (Å²) in [6, 6.07) is 12.9. The largest absolute Gasteiger partial charge is 0.453 e. The molecule has 61 heavy (non-hydrogen) atoms. The number of benzene rings is 2. The van der Waals surface area contributed by atoms with Gasteiger partial charge in [-0.3, -0.25) is 9.59 Å². The van der Waals surface area contributed by atoms with Gasteiger partial charge in [0.15, 0.2) is 0 Å². The van der Waals surface area contributed by atoms with E-state index >= 15 is 0 Å². The number of amides is 3.